The first-order valence-electron chi connectivity index (χ1n) is 17.1. The molecule has 0 radical (unpaired) electrons. The van der Waals surface area contributed by atoms with Crippen LogP contribution in [0.3, 0.4) is 0 Å². The maximum atomic E-state index is 4.53. The molecule has 0 saturated heterocycles. The molecule has 6 heteroatoms. The molecule has 0 aliphatic carbocycles. The van der Waals surface area contributed by atoms with E-state index in [4.69, 9.17) is 0 Å². The lowest BCUT2D eigenvalue weighted by Gasteiger charge is -2.04. The monoisotopic (exact) mass is 642 g/mol. The fraction of sp³-hybridized carbons (Fsp3) is 0.487. The summed E-state index contributed by atoms with van der Waals surface area (Å²) in [7, 11) is 0. The Morgan fingerprint density at radius 2 is 0.733 bits per heavy atom. The van der Waals surface area contributed by atoms with E-state index in [1.54, 1.807) is 23.5 Å². The van der Waals surface area contributed by atoms with Crippen LogP contribution in [0.2, 0.25) is 0 Å². The van der Waals surface area contributed by atoms with Crippen molar-refractivity contribution in [3.63, 3.8) is 0 Å². The van der Waals surface area contributed by atoms with Gasteiger partial charge in [-0.2, -0.15) is 0 Å². The Hall–Kier alpha value is -2.70. The standard InChI is InChI=1S/C20H28N2S.C19H26N2S/c1-3-4-5-6-7-8-9-10-17-15-21-20(22-16-17)18-11-13-19(23-2)14-12-18;1-3-4-5-6-7-8-9-16-14-20-19(21-15-16)17-10-12-18(22-2)13-11-17/h11-16H,3-10H2,1-2H3;10-15H,3-9H2,1-2H3. The smallest absolute Gasteiger partial charge is 0.159 e. The number of aryl methyl sites for hydroxylation is 2. The number of hydrogen-bond acceptors (Lipinski definition) is 6. The van der Waals surface area contributed by atoms with Gasteiger partial charge < -0.3 is 0 Å². The molecule has 0 unspecified atom stereocenters. The van der Waals surface area contributed by atoms with E-state index >= 15 is 0 Å². The number of rotatable bonds is 19. The lowest BCUT2D eigenvalue weighted by molar-refractivity contribution is 0.589. The van der Waals surface area contributed by atoms with Crippen LogP contribution >= 0.6 is 23.5 Å². The molecule has 0 fully saturated rings. The second-order valence-electron chi connectivity index (χ2n) is 11.7. The zero-order valence-electron chi connectivity index (χ0n) is 28.1. The van der Waals surface area contributed by atoms with Crippen LogP contribution in [0.5, 0.6) is 0 Å². The molecule has 2 heterocycles. The quantitative estimate of drug-likeness (QED) is 0.0749. The Morgan fingerprint density at radius 1 is 0.422 bits per heavy atom. The summed E-state index contributed by atoms with van der Waals surface area (Å²) >= 11 is 3.50. The molecule has 2 aromatic heterocycles. The van der Waals surface area contributed by atoms with Crippen molar-refractivity contribution in [2.75, 3.05) is 12.5 Å². The normalized spacial score (nSPS) is 10.8. The van der Waals surface area contributed by atoms with Crippen LogP contribution < -0.4 is 0 Å². The zero-order chi connectivity index (χ0) is 32.0. The Balaban J connectivity index is 0.000000246. The Kier molecular flexibility index (Phi) is 18.6. The summed E-state index contributed by atoms with van der Waals surface area (Å²) < 4.78 is 0. The molecule has 4 aromatic rings. The molecule has 0 aliphatic heterocycles. The molecule has 0 N–H and O–H groups in total. The molecule has 0 bridgehead atoms. The first-order valence-corrected chi connectivity index (χ1v) is 19.5. The van der Waals surface area contributed by atoms with Crippen LogP contribution in [0.1, 0.15) is 108 Å². The third kappa shape index (κ3) is 14.5. The molecule has 0 aliphatic rings. The van der Waals surface area contributed by atoms with Gasteiger partial charge >= 0.3 is 0 Å². The first kappa shape index (κ1) is 36.8. The minimum atomic E-state index is 0.819. The van der Waals surface area contributed by atoms with E-state index in [2.05, 4.69) is 94.8 Å². The van der Waals surface area contributed by atoms with Crippen molar-refractivity contribution in [1.29, 1.82) is 0 Å². The van der Waals surface area contributed by atoms with Crippen molar-refractivity contribution in [2.45, 2.75) is 120 Å². The van der Waals surface area contributed by atoms with Crippen LogP contribution in [0.15, 0.2) is 83.1 Å². The van der Waals surface area contributed by atoms with Gasteiger partial charge in [-0.3, -0.25) is 0 Å². The molecule has 242 valence electrons. The van der Waals surface area contributed by atoms with E-state index in [0.717, 1.165) is 35.6 Å². The molecule has 4 rings (SSSR count). The molecule has 2 aromatic carbocycles. The van der Waals surface area contributed by atoms with Gasteiger partial charge in [0.05, 0.1) is 0 Å². The summed E-state index contributed by atoms with van der Waals surface area (Å²) in [6.45, 7) is 4.52. The van der Waals surface area contributed by atoms with E-state index in [0.29, 0.717) is 0 Å². The maximum Gasteiger partial charge on any atom is 0.159 e. The van der Waals surface area contributed by atoms with Crippen molar-refractivity contribution >= 4 is 23.5 Å². The van der Waals surface area contributed by atoms with Crippen molar-refractivity contribution in [3.05, 3.63) is 84.4 Å². The summed E-state index contributed by atoms with van der Waals surface area (Å²) in [5, 5.41) is 0. The third-order valence-electron chi connectivity index (χ3n) is 8.00. The van der Waals surface area contributed by atoms with Crippen LogP contribution in [0.4, 0.5) is 0 Å². The highest BCUT2D eigenvalue weighted by molar-refractivity contribution is 7.98. The lowest BCUT2D eigenvalue weighted by Crippen LogP contribution is -1.93. The highest BCUT2D eigenvalue weighted by Gasteiger charge is 2.04. The van der Waals surface area contributed by atoms with Crippen LogP contribution in [0, 0.1) is 0 Å². The third-order valence-corrected chi connectivity index (χ3v) is 9.48. The van der Waals surface area contributed by atoms with E-state index in [1.807, 2.05) is 24.8 Å². The van der Waals surface area contributed by atoms with Crippen molar-refractivity contribution in [2.24, 2.45) is 0 Å². The number of aromatic nitrogens is 4. The Labute approximate surface area is 282 Å². The summed E-state index contributed by atoms with van der Waals surface area (Å²) in [5.74, 6) is 1.64. The van der Waals surface area contributed by atoms with E-state index in [1.165, 1.54) is 104 Å². The SMILES string of the molecule is CCCCCCCCCc1cnc(-c2ccc(SC)cc2)nc1.CCCCCCCCc1cnc(-c2ccc(SC)cc2)nc1. The fourth-order valence-corrected chi connectivity index (χ4v) is 5.96. The van der Waals surface area contributed by atoms with Gasteiger partial charge in [0.2, 0.25) is 0 Å². The Bertz CT molecular complexity index is 1290. The Morgan fingerprint density at radius 3 is 1.04 bits per heavy atom. The highest BCUT2D eigenvalue weighted by Crippen LogP contribution is 2.22. The predicted octanol–water partition coefficient (Wildman–Crippen LogP) is 11.9. The second-order valence-corrected chi connectivity index (χ2v) is 13.4. The zero-order valence-corrected chi connectivity index (χ0v) is 29.8. The average molecular weight is 643 g/mol. The summed E-state index contributed by atoms with van der Waals surface area (Å²) in [5.41, 5.74) is 4.68. The van der Waals surface area contributed by atoms with Gasteiger partial charge in [0, 0.05) is 45.7 Å². The van der Waals surface area contributed by atoms with Gasteiger partial charge in [0.1, 0.15) is 0 Å². The topological polar surface area (TPSA) is 51.6 Å². The summed E-state index contributed by atoms with van der Waals surface area (Å²) in [6, 6.07) is 16.9. The number of benzene rings is 2. The van der Waals surface area contributed by atoms with Gasteiger partial charge in [0.25, 0.3) is 0 Å². The molecule has 0 spiro atoms. The number of thioether (sulfide) groups is 2. The second kappa shape index (κ2) is 22.7. The molecule has 0 amide bonds. The van der Waals surface area contributed by atoms with Gasteiger partial charge in [-0.05, 0) is 73.6 Å². The summed E-state index contributed by atoms with van der Waals surface area (Å²) in [4.78, 5) is 20.6. The minimum Gasteiger partial charge on any atom is -0.236 e. The van der Waals surface area contributed by atoms with E-state index in [-0.39, 0.29) is 0 Å². The average Bonchev–Trinajstić information content (AvgIpc) is 3.10. The molecular weight excluding hydrogens is 589 g/mol. The molecule has 45 heavy (non-hydrogen) atoms. The van der Waals surface area contributed by atoms with Crippen LogP contribution in [-0.4, -0.2) is 32.4 Å². The molecule has 4 nitrogen and oxygen atoms in total. The van der Waals surface area contributed by atoms with Crippen LogP contribution in [0.25, 0.3) is 22.8 Å². The largest absolute Gasteiger partial charge is 0.236 e. The van der Waals surface area contributed by atoms with E-state index in [9.17, 15) is 0 Å². The van der Waals surface area contributed by atoms with Gasteiger partial charge in [0.15, 0.2) is 11.6 Å². The highest BCUT2D eigenvalue weighted by atomic mass is 32.2. The predicted molar refractivity (Wildman–Crippen MR) is 197 cm³/mol. The van der Waals surface area contributed by atoms with Gasteiger partial charge in [-0.15, -0.1) is 23.5 Å². The number of hydrogen-bond donors (Lipinski definition) is 0. The lowest BCUT2D eigenvalue weighted by atomic mass is 10.1. The minimum absolute atomic E-state index is 0.819. The first-order chi connectivity index (χ1) is 22.2. The maximum absolute atomic E-state index is 4.53. The number of nitrogens with zero attached hydrogens (tertiary/aromatic N) is 4. The van der Waals surface area contributed by atoms with Crippen molar-refractivity contribution < 1.29 is 0 Å². The van der Waals surface area contributed by atoms with Gasteiger partial charge in [-0.25, -0.2) is 19.9 Å². The van der Waals surface area contributed by atoms with Crippen molar-refractivity contribution in [3.8, 4) is 22.8 Å². The molecular formula is C39H54N4S2. The number of unbranched alkanes of at least 4 members (excludes halogenated alkanes) is 11. The van der Waals surface area contributed by atoms with Crippen LogP contribution in [-0.2, 0) is 12.8 Å². The molecule has 0 atom stereocenters. The van der Waals surface area contributed by atoms with Crippen molar-refractivity contribution in [1.82, 2.24) is 19.9 Å². The van der Waals surface area contributed by atoms with E-state index < -0.39 is 0 Å². The molecule has 0 saturated carbocycles. The fourth-order valence-electron chi connectivity index (χ4n) is 5.14. The summed E-state index contributed by atoms with van der Waals surface area (Å²) in [6.07, 6.45) is 31.7. The van der Waals surface area contributed by atoms with Gasteiger partial charge in [-0.1, -0.05) is 109 Å².